The number of carbonyl (C=O) groups is 2. The molecule has 0 radical (unpaired) electrons. The fraction of sp³-hybridized carbons (Fsp3) is 0.276. The molecular weight excluding hydrogens is 443 g/mol. The Morgan fingerprint density at radius 3 is 2.29 bits per heavy atom. The van der Waals surface area contributed by atoms with E-state index < -0.39 is 12.0 Å². The number of nitriles is 1. The molecule has 3 aromatic rings. The van der Waals surface area contributed by atoms with Crippen LogP contribution in [-0.4, -0.2) is 29.9 Å². The summed E-state index contributed by atoms with van der Waals surface area (Å²) < 4.78 is 18.4. The summed E-state index contributed by atoms with van der Waals surface area (Å²) in [4.78, 5) is 27.5. The Morgan fingerprint density at radius 2 is 1.66 bits per heavy atom. The van der Waals surface area contributed by atoms with Gasteiger partial charge in [0.1, 0.15) is 11.9 Å². The highest BCUT2D eigenvalue weighted by Crippen LogP contribution is 2.25. The van der Waals surface area contributed by atoms with E-state index in [-0.39, 0.29) is 24.7 Å². The van der Waals surface area contributed by atoms with Crippen LogP contribution in [0.4, 0.5) is 4.39 Å². The predicted octanol–water partition coefficient (Wildman–Crippen LogP) is 5.67. The first kappa shape index (κ1) is 25.6. The highest BCUT2D eigenvalue weighted by Gasteiger charge is 2.30. The number of ether oxygens (including phenoxy) is 1. The standard InChI is InChI=1S/C29H29FN2O3/c1-3-4-9-28(33)32(27(29(34)35-2)18-21-12-16-25(30)17-13-21)20-22-10-14-23(15-11-22)26-8-6-5-7-24(26)19-31/h5-8,10-17,27H,3-4,9,18,20H2,1-2H3. The highest BCUT2D eigenvalue weighted by atomic mass is 19.1. The van der Waals surface area contributed by atoms with Gasteiger partial charge in [-0.05, 0) is 46.9 Å². The number of unbranched alkanes of at least 4 members (excludes halogenated alkanes) is 1. The summed E-state index contributed by atoms with van der Waals surface area (Å²) in [6, 6.07) is 22.3. The molecule has 5 nitrogen and oxygen atoms in total. The van der Waals surface area contributed by atoms with E-state index in [1.54, 1.807) is 23.1 Å². The average Bonchev–Trinajstić information content (AvgIpc) is 2.90. The fourth-order valence-corrected chi connectivity index (χ4v) is 3.96. The minimum Gasteiger partial charge on any atom is -0.467 e. The first-order valence-corrected chi connectivity index (χ1v) is 11.7. The van der Waals surface area contributed by atoms with Gasteiger partial charge in [0.25, 0.3) is 0 Å². The van der Waals surface area contributed by atoms with Crippen molar-refractivity contribution < 1.29 is 18.7 Å². The maximum Gasteiger partial charge on any atom is 0.328 e. The first-order chi connectivity index (χ1) is 17.0. The van der Waals surface area contributed by atoms with Crippen molar-refractivity contribution in [1.82, 2.24) is 4.90 Å². The van der Waals surface area contributed by atoms with Gasteiger partial charge in [-0.2, -0.15) is 5.26 Å². The summed E-state index contributed by atoms with van der Waals surface area (Å²) in [7, 11) is 1.30. The number of hydrogen-bond donors (Lipinski definition) is 0. The van der Waals surface area contributed by atoms with Crippen LogP contribution in [0.3, 0.4) is 0 Å². The maximum absolute atomic E-state index is 13.4. The third-order valence-corrected chi connectivity index (χ3v) is 5.92. The molecule has 0 bridgehead atoms. The van der Waals surface area contributed by atoms with Crippen molar-refractivity contribution in [2.75, 3.05) is 7.11 Å². The second kappa shape index (κ2) is 12.5. The molecule has 6 heteroatoms. The van der Waals surface area contributed by atoms with Gasteiger partial charge in [-0.25, -0.2) is 9.18 Å². The van der Waals surface area contributed by atoms with E-state index in [4.69, 9.17) is 4.74 Å². The van der Waals surface area contributed by atoms with Crippen LogP contribution in [0.2, 0.25) is 0 Å². The van der Waals surface area contributed by atoms with Crippen LogP contribution >= 0.6 is 0 Å². The summed E-state index contributed by atoms with van der Waals surface area (Å²) in [5.74, 6) is -1.01. The number of esters is 1. The molecule has 1 amide bonds. The molecular formula is C29H29FN2O3. The number of methoxy groups -OCH3 is 1. The van der Waals surface area contributed by atoms with Crippen LogP contribution < -0.4 is 0 Å². The van der Waals surface area contributed by atoms with Crippen molar-refractivity contribution >= 4 is 11.9 Å². The molecule has 35 heavy (non-hydrogen) atoms. The van der Waals surface area contributed by atoms with Crippen LogP contribution in [0.1, 0.15) is 42.9 Å². The van der Waals surface area contributed by atoms with Gasteiger partial charge in [-0.15, -0.1) is 0 Å². The van der Waals surface area contributed by atoms with Crippen molar-refractivity contribution in [1.29, 1.82) is 5.26 Å². The minimum atomic E-state index is -0.839. The number of nitrogens with zero attached hydrogens (tertiary/aromatic N) is 2. The van der Waals surface area contributed by atoms with Crippen molar-refractivity contribution in [3.63, 3.8) is 0 Å². The van der Waals surface area contributed by atoms with Gasteiger partial charge in [-0.1, -0.05) is 67.9 Å². The van der Waals surface area contributed by atoms with Crippen molar-refractivity contribution in [2.45, 2.75) is 45.2 Å². The zero-order valence-electron chi connectivity index (χ0n) is 20.0. The molecule has 0 saturated carbocycles. The van der Waals surface area contributed by atoms with Crippen LogP contribution in [0, 0.1) is 17.1 Å². The van der Waals surface area contributed by atoms with Gasteiger partial charge < -0.3 is 9.64 Å². The Balaban J connectivity index is 1.90. The zero-order valence-corrected chi connectivity index (χ0v) is 20.0. The van der Waals surface area contributed by atoms with E-state index in [2.05, 4.69) is 6.07 Å². The quantitative estimate of drug-likeness (QED) is 0.357. The fourth-order valence-electron chi connectivity index (χ4n) is 3.96. The molecule has 3 rings (SSSR count). The van der Waals surface area contributed by atoms with E-state index in [0.717, 1.165) is 28.7 Å². The van der Waals surface area contributed by atoms with Crippen molar-refractivity contribution in [2.24, 2.45) is 0 Å². The largest absolute Gasteiger partial charge is 0.467 e. The summed E-state index contributed by atoms with van der Waals surface area (Å²) >= 11 is 0. The minimum absolute atomic E-state index is 0.136. The third-order valence-electron chi connectivity index (χ3n) is 5.92. The lowest BCUT2D eigenvalue weighted by Gasteiger charge is -2.30. The van der Waals surface area contributed by atoms with E-state index >= 15 is 0 Å². The van der Waals surface area contributed by atoms with Gasteiger partial charge in [0.15, 0.2) is 0 Å². The molecule has 0 aliphatic rings. The predicted molar refractivity (Wildman–Crippen MR) is 133 cm³/mol. The SMILES string of the molecule is CCCCC(=O)N(Cc1ccc(-c2ccccc2C#N)cc1)C(Cc1ccc(F)cc1)C(=O)OC. The number of rotatable bonds is 10. The molecule has 0 heterocycles. The Morgan fingerprint density at radius 1 is 1.00 bits per heavy atom. The van der Waals surface area contributed by atoms with E-state index in [1.165, 1.54) is 19.2 Å². The summed E-state index contributed by atoms with van der Waals surface area (Å²) in [6.07, 6.45) is 2.11. The number of benzene rings is 3. The Kier molecular flexibility index (Phi) is 9.14. The van der Waals surface area contributed by atoms with E-state index in [9.17, 15) is 19.2 Å². The molecule has 0 aromatic heterocycles. The lowest BCUT2D eigenvalue weighted by Crippen LogP contribution is -2.46. The Hall–Kier alpha value is -3.98. The number of amides is 1. The first-order valence-electron chi connectivity index (χ1n) is 11.7. The normalized spacial score (nSPS) is 11.4. The van der Waals surface area contributed by atoms with Gasteiger partial charge >= 0.3 is 5.97 Å². The molecule has 0 aliphatic heterocycles. The second-order valence-electron chi connectivity index (χ2n) is 8.35. The van der Waals surface area contributed by atoms with Crippen LogP contribution in [0.25, 0.3) is 11.1 Å². The molecule has 3 aromatic carbocycles. The third kappa shape index (κ3) is 6.77. The molecule has 1 atom stereocenters. The zero-order chi connectivity index (χ0) is 25.2. The number of halogens is 1. The van der Waals surface area contributed by atoms with Crippen molar-refractivity contribution in [3.05, 3.63) is 95.3 Å². The number of hydrogen-bond acceptors (Lipinski definition) is 4. The highest BCUT2D eigenvalue weighted by molar-refractivity contribution is 5.85. The molecule has 1 unspecified atom stereocenters. The summed E-state index contributed by atoms with van der Waals surface area (Å²) in [5.41, 5.74) is 3.90. The maximum atomic E-state index is 13.4. The van der Waals surface area contributed by atoms with E-state index in [1.807, 2.05) is 49.4 Å². The lowest BCUT2D eigenvalue weighted by molar-refractivity contribution is -0.153. The van der Waals surface area contributed by atoms with Gasteiger partial charge in [0, 0.05) is 19.4 Å². The van der Waals surface area contributed by atoms with Crippen LogP contribution in [-0.2, 0) is 27.3 Å². The lowest BCUT2D eigenvalue weighted by atomic mass is 9.98. The smallest absolute Gasteiger partial charge is 0.328 e. The summed E-state index contributed by atoms with van der Waals surface area (Å²) in [6.45, 7) is 2.23. The monoisotopic (exact) mass is 472 g/mol. The molecule has 0 aliphatic carbocycles. The Bertz CT molecular complexity index is 1180. The average molecular weight is 473 g/mol. The van der Waals surface area contributed by atoms with Crippen LogP contribution in [0.15, 0.2) is 72.8 Å². The molecule has 0 N–H and O–H groups in total. The Labute approximate surface area is 205 Å². The molecule has 0 saturated heterocycles. The second-order valence-corrected chi connectivity index (χ2v) is 8.35. The van der Waals surface area contributed by atoms with Crippen molar-refractivity contribution in [3.8, 4) is 17.2 Å². The van der Waals surface area contributed by atoms with Gasteiger partial charge in [0.05, 0.1) is 18.7 Å². The molecule has 0 fully saturated rings. The van der Waals surface area contributed by atoms with Crippen LogP contribution in [0.5, 0.6) is 0 Å². The van der Waals surface area contributed by atoms with Gasteiger partial charge in [0.2, 0.25) is 5.91 Å². The molecule has 180 valence electrons. The summed E-state index contributed by atoms with van der Waals surface area (Å²) in [5, 5.41) is 9.40. The topological polar surface area (TPSA) is 70.4 Å². The van der Waals surface area contributed by atoms with E-state index in [0.29, 0.717) is 18.4 Å². The number of carbonyl (C=O) groups excluding carboxylic acids is 2. The molecule has 0 spiro atoms. The van der Waals surface area contributed by atoms with Gasteiger partial charge in [-0.3, -0.25) is 4.79 Å².